The lowest BCUT2D eigenvalue weighted by Gasteiger charge is -2.46. The molecule has 0 N–H and O–H groups in total. The van der Waals surface area contributed by atoms with Crippen molar-refractivity contribution in [3.8, 4) is 33.4 Å². The van der Waals surface area contributed by atoms with E-state index in [4.69, 9.17) is 0 Å². The van der Waals surface area contributed by atoms with Crippen molar-refractivity contribution >= 4 is 29.4 Å². The van der Waals surface area contributed by atoms with Crippen molar-refractivity contribution in [2.24, 2.45) is 5.92 Å². The molecule has 2 heteroatoms. The first-order valence-corrected chi connectivity index (χ1v) is 21.2. The van der Waals surface area contributed by atoms with Crippen LogP contribution in [0.4, 0.5) is 0 Å². The first kappa shape index (κ1) is 31.8. The Labute approximate surface area is 294 Å². The Hall–Kier alpha value is -4.45. The zero-order valence-corrected chi connectivity index (χ0v) is 29.8. The second kappa shape index (κ2) is 13.5. The van der Waals surface area contributed by atoms with E-state index in [-0.39, 0.29) is 0 Å². The quantitative estimate of drug-likeness (QED) is 0.119. The molecule has 0 spiro atoms. The topological polar surface area (TPSA) is 0 Å². The van der Waals surface area contributed by atoms with Gasteiger partial charge in [0.25, 0.3) is 0 Å². The van der Waals surface area contributed by atoms with Gasteiger partial charge in [-0.1, -0.05) is 194 Å². The predicted octanol–water partition coefficient (Wildman–Crippen LogP) is 11.6. The zero-order chi connectivity index (χ0) is 33.3. The Morgan fingerprint density at radius 3 is 1.16 bits per heavy atom. The van der Waals surface area contributed by atoms with Crippen LogP contribution in [-0.2, 0) is 0 Å². The van der Waals surface area contributed by atoms with E-state index in [1.807, 2.05) is 0 Å². The van der Waals surface area contributed by atoms with Gasteiger partial charge in [0.05, 0.1) is 0 Å². The van der Waals surface area contributed by atoms with Crippen molar-refractivity contribution in [1.82, 2.24) is 0 Å². The highest BCUT2D eigenvalue weighted by molar-refractivity contribution is 8.14. The molecule has 1 aliphatic carbocycles. The normalized spacial score (nSPS) is 17.3. The van der Waals surface area contributed by atoms with Crippen LogP contribution in [-0.4, -0.2) is 25.4 Å². The van der Waals surface area contributed by atoms with Crippen LogP contribution in [0.2, 0.25) is 0 Å². The average Bonchev–Trinajstić information content (AvgIpc) is 3.44. The molecule has 2 aliphatic rings. The van der Waals surface area contributed by atoms with Crippen LogP contribution >= 0.6 is 7.14 Å². The highest BCUT2D eigenvalue weighted by Gasteiger charge is 2.57. The summed E-state index contributed by atoms with van der Waals surface area (Å²) in [5.74, 6) is -0.559. The van der Waals surface area contributed by atoms with Gasteiger partial charge < -0.3 is 0 Å². The average molecular weight is 653 g/mol. The molecule has 0 atom stereocenters. The second-order valence-corrected chi connectivity index (χ2v) is 19.6. The number of hydrogen-bond donors (Lipinski definition) is 0. The molecule has 49 heavy (non-hydrogen) atoms. The molecule has 6 aromatic rings. The van der Waals surface area contributed by atoms with Crippen LogP contribution in [0.1, 0.15) is 37.7 Å². The first-order chi connectivity index (χ1) is 24.0. The summed E-state index contributed by atoms with van der Waals surface area (Å²) in [6.45, 7) is 5.36. The Balaban J connectivity index is 1.36. The van der Waals surface area contributed by atoms with Crippen molar-refractivity contribution in [3.05, 3.63) is 175 Å². The van der Waals surface area contributed by atoms with E-state index in [0.29, 0.717) is 5.92 Å². The minimum absolute atomic E-state index is 0.674. The zero-order valence-electron chi connectivity index (χ0n) is 28.9. The van der Waals surface area contributed by atoms with E-state index >= 15 is 0 Å². The maximum atomic E-state index is 2.68. The van der Waals surface area contributed by atoms with Gasteiger partial charge in [0.2, 0.25) is 5.87 Å². The number of hydrogen-bond acceptors (Lipinski definition) is 0. The van der Waals surface area contributed by atoms with Crippen molar-refractivity contribution < 1.29 is 0 Å². The molecule has 6 aromatic carbocycles. The summed E-state index contributed by atoms with van der Waals surface area (Å²) in [5, 5.41) is 0. The van der Waals surface area contributed by atoms with Crippen LogP contribution in [0, 0.1) is 5.92 Å². The van der Waals surface area contributed by atoms with Crippen LogP contribution in [0.15, 0.2) is 169 Å². The summed E-state index contributed by atoms with van der Waals surface area (Å²) in [5.41, 5.74) is 15.5. The molecule has 0 unspecified atom stereocenters. The molecule has 0 bridgehead atoms. The van der Waals surface area contributed by atoms with Crippen molar-refractivity contribution in [2.75, 3.05) is 19.5 Å². The van der Waals surface area contributed by atoms with E-state index < -0.39 is 13.0 Å². The molecular formula is C47H46BP. The SMILES string of the molecule is C[P+]1(C)CC(C2CCCCC2)=C(c2ccc(-c3ccccc3)cc2)[B-]1(c1ccc(-c2ccccc2)cc1)c1ccc(-c2ccccc2)cc1. The standard InChI is InChI=1S/C47H46BP/c1-49(2)35-46(42-21-13-6-14-22-42)47(43-25-23-39(24-26-43)36-15-7-3-8-16-36)48(49,44-31-27-40(28-32-44)37-17-9-4-10-18-37)45-33-29-41(30-34-45)38-19-11-5-12-20-38/h3-5,7-12,15-20,23-34,42H,6,13-14,21-22,35H2,1-2H3. The molecular weight excluding hydrogens is 606 g/mol. The van der Waals surface area contributed by atoms with Gasteiger partial charge in [-0.05, 0) is 52.1 Å². The minimum Gasteiger partial charge on any atom is -0.157 e. The Morgan fingerprint density at radius 1 is 0.408 bits per heavy atom. The van der Waals surface area contributed by atoms with Gasteiger partial charge >= 0.3 is 0 Å². The van der Waals surface area contributed by atoms with Gasteiger partial charge in [-0.25, -0.2) is 0 Å². The number of rotatable bonds is 7. The number of allylic oxidation sites excluding steroid dienone is 1. The van der Waals surface area contributed by atoms with Crippen LogP contribution < -0.4 is 10.9 Å². The molecule has 1 aliphatic heterocycles. The fourth-order valence-corrected chi connectivity index (χ4v) is 14.0. The summed E-state index contributed by atoms with van der Waals surface area (Å²) in [7, 11) is -1.58. The van der Waals surface area contributed by atoms with Gasteiger partial charge in [-0.15, -0.1) is 12.6 Å². The largest absolute Gasteiger partial charge is 0.246 e. The third-order valence-electron chi connectivity index (χ3n) is 11.8. The van der Waals surface area contributed by atoms with E-state index in [0.717, 1.165) is 0 Å². The van der Waals surface area contributed by atoms with Gasteiger partial charge in [-0.2, -0.15) is 10.9 Å². The summed E-state index contributed by atoms with van der Waals surface area (Å²) in [4.78, 5) is 0. The van der Waals surface area contributed by atoms with Crippen LogP contribution in [0.25, 0.3) is 38.9 Å². The summed E-state index contributed by atoms with van der Waals surface area (Å²) in [6.07, 6.45) is 7.98. The van der Waals surface area contributed by atoms with Gasteiger partial charge in [0, 0.05) is 19.5 Å². The van der Waals surface area contributed by atoms with Crippen molar-refractivity contribution in [1.29, 1.82) is 0 Å². The molecule has 0 nitrogen and oxygen atoms in total. The third-order valence-corrected chi connectivity index (χ3v) is 15.9. The van der Waals surface area contributed by atoms with E-state index in [1.54, 1.807) is 11.0 Å². The lowest BCUT2D eigenvalue weighted by atomic mass is 9.32. The second-order valence-electron chi connectivity index (χ2n) is 15.0. The maximum Gasteiger partial charge on any atom is 0.246 e. The van der Waals surface area contributed by atoms with E-state index in [1.165, 1.54) is 88.1 Å². The van der Waals surface area contributed by atoms with Crippen LogP contribution in [0.3, 0.4) is 0 Å². The molecule has 0 saturated heterocycles. The molecule has 1 heterocycles. The molecule has 0 aromatic heterocycles. The van der Waals surface area contributed by atoms with E-state index in [9.17, 15) is 0 Å². The van der Waals surface area contributed by atoms with E-state index in [2.05, 4.69) is 177 Å². The monoisotopic (exact) mass is 652 g/mol. The molecule has 242 valence electrons. The number of benzene rings is 6. The highest BCUT2D eigenvalue weighted by Crippen LogP contribution is 2.71. The van der Waals surface area contributed by atoms with Gasteiger partial charge in [0.1, 0.15) is 0 Å². The molecule has 8 rings (SSSR count). The van der Waals surface area contributed by atoms with Gasteiger partial charge in [-0.3, -0.25) is 0 Å². The fraction of sp³-hybridized carbons (Fsp3) is 0.191. The maximum absolute atomic E-state index is 2.68. The Bertz CT molecular complexity index is 1950. The molecule has 0 amide bonds. The Morgan fingerprint density at radius 2 is 0.755 bits per heavy atom. The van der Waals surface area contributed by atoms with Crippen molar-refractivity contribution in [2.45, 2.75) is 32.1 Å². The first-order valence-electron chi connectivity index (χ1n) is 18.2. The fourth-order valence-electron chi connectivity index (χ4n) is 9.48. The summed E-state index contributed by atoms with van der Waals surface area (Å²) >= 11 is 0. The van der Waals surface area contributed by atoms with Gasteiger partial charge in [0.15, 0.2) is 0 Å². The molecule has 1 fully saturated rings. The van der Waals surface area contributed by atoms with Crippen molar-refractivity contribution in [3.63, 3.8) is 0 Å². The third kappa shape index (κ3) is 5.83. The summed E-state index contributed by atoms with van der Waals surface area (Å²) in [6, 6.07) is 61.7. The smallest absolute Gasteiger partial charge is 0.157 e. The predicted molar refractivity (Wildman–Crippen MR) is 218 cm³/mol. The van der Waals surface area contributed by atoms with Crippen LogP contribution in [0.5, 0.6) is 0 Å². The summed E-state index contributed by atoms with van der Waals surface area (Å²) < 4.78 is 0. The molecule has 0 radical (unpaired) electrons. The lowest BCUT2D eigenvalue weighted by molar-refractivity contribution is 0.405. The molecule has 1 saturated carbocycles. The Kier molecular flexibility index (Phi) is 8.73. The lowest BCUT2D eigenvalue weighted by Crippen LogP contribution is -2.59. The highest BCUT2D eigenvalue weighted by atomic mass is 31.2. The minimum atomic E-state index is -1.58.